The normalized spacial score (nSPS) is 14.1. The minimum Gasteiger partial charge on any atom is -0.508 e. The van der Waals surface area contributed by atoms with Gasteiger partial charge in [0.2, 0.25) is 5.78 Å². The first-order valence-corrected chi connectivity index (χ1v) is 9.20. The average molecular weight is 396 g/mol. The number of phenolic OH excluding ortho intramolecular Hbond substituents is 4. The highest BCUT2D eigenvalue weighted by atomic mass is 16.5. The molecule has 2 aromatic carbocycles. The van der Waals surface area contributed by atoms with E-state index in [9.17, 15) is 25.2 Å². The number of hydrogen-bond donors (Lipinski definition) is 4. The van der Waals surface area contributed by atoms with Crippen LogP contribution in [-0.4, -0.2) is 31.8 Å². The number of benzene rings is 2. The van der Waals surface area contributed by atoms with E-state index in [0.29, 0.717) is 5.56 Å². The van der Waals surface area contributed by atoms with E-state index < -0.39 is 17.1 Å². The molecule has 0 atom stereocenters. The van der Waals surface area contributed by atoms with Gasteiger partial charge in [0.15, 0.2) is 0 Å². The van der Waals surface area contributed by atoms with Gasteiger partial charge < -0.3 is 25.2 Å². The van der Waals surface area contributed by atoms with Crippen molar-refractivity contribution < 1.29 is 30.0 Å². The lowest BCUT2D eigenvalue weighted by Crippen LogP contribution is -2.28. The SMILES string of the molecule is CC(C)=CCc1c(O)cc(O)cc1C(=O)c1c(O)cc(O)c2c1OC(C)(C)C=C2. The van der Waals surface area contributed by atoms with Crippen molar-refractivity contribution in [1.82, 2.24) is 0 Å². The molecule has 0 fully saturated rings. The Bertz CT molecular complexity index is 1060. The minimum atomic E-state index is -0.756. The van der Waals surface area contributed by atoms with Crippen molar-refractivity contribution >= 4 is 11.9 Å². The largest absolute Gasteiger partial charge is 0.508 e. The first kappa shape index (κ1) is 20.3. The molecule has 0 amide bonds. The van der Waals surface area contributed by atoms with Crippen LogP contribution in [0, 0.1) is 0 Å². The van der Waals surface area contributed by atoms with Crippen LogP contribution in [0.1, 0.15) is 54.7 Å². The summed E-state index contributed by atoms with van der Waals surface area (Å²) < 4.78 is 5.89. The number of allylic oxidation sites excluding steroid dienone is 2. The van der Waals surface area contributed by atoms with Crippen molar-refractivity contribution in [2.45, 2.75) is 39.7 Å². The maximum Gasteiger partial charge on any atom is 0.201 e. The molecular weight excluding hydrogens is 372 g/mol. The number of carbonyl (C=O) groups excluding carboxylic acids is 1. The monoisotopic (exact) mass is 396 g/mol. The summed E-state index contributed by atoms with van der Waals surface area (Å²) in [6.45, 7) is 7.34. The second-order valence-corrected chi connectivity index (χ2v) is 7.88. The molecule has 6 nitrogen and oxygen atoms in total. The molecule has 0 aromatic heterocycles. The zero-order valence-corrected chi connectivity index (χ0v) is 16.8. The average Bonchev–Trinajstić information content (AvgIpc) is 2.58. The van der Waals surface area contributed by atoms with Crippen LogP contribution in [0.15, 0.2) is 35.9 Å². The summed E-state index contributed by atoms with van der Waals surface area (Å²) in [6, 6.07) is 3.49. The Labute approximate surface area is 169 Å². The van der Waals surface area contributed by atoms with E-state index in [2.05, 4.69) is 0 Å². The lowest BCUT2D eigenvalue weighted by molar-refractivity contribution is 0.102. The molecular formula is C23H24O6. The molecule has 2 aromatic rings. The van der Waals surface area contributed by atoms with E-state index in [1.165, 1.54) is 12.1 Å². The highest BCUT2D eigenvalue weighted by Gasteiger charge is 2.32. The maximum atomic E-state index is 13.4. The first-order chi connectivity index (χ1) is 13.5. The fourth-order valence-corrected chi connectivity index (χ4v) is 3.21. The molecule has 1 aliphatic heterocycles. The smallest absolute Gasteiger partial charge is 0.201 e. The third kappa shape index (κ3) is 3.92. The van der Waals surface area contributed by atoms with Crippen LogP contribution in [0.25, 0.3) is 6.08 Å². The Morgan fingerprint density at radius 1 is 1.03 bits per heavy atom. The Hall–Kier alpha value is -3.41. The van der Waals surface area contributed by atoms with Crippen LogP contribution in [0.3, 0.4) is 0 Å². The zero-order valence-electron chi connectivity index (χ0n) is 16.8. The highest BCUT2D eigenvalue weighted by Crippen LogP contribution is 2.45. The molecule has 0 saturated carbocycles. The molecule has 0 radical (unpaired) electrons. The summed E-state index contributed by atoms with van der Waals surface area (Å²) >= 11 is 0. The summed E-state index contributed by atoms with van der Waals surface area (Å²) in [5, 5.41) is 40.9. The predicted octanol–water partition coefficient (Wildman–Crippen LogP) is 4.43. The van der Waals surface area contributed by atoms with Crippen molar-refractivity contribution in [1.29, 1.82) is 0 Å². The lowest BCUT2D eigenvalue weighted by atomic mass is 9.91. The van der Waals surface area contributed by atoms with Gasteiger partial charge in [-0.05, 0) is 52.3 Å². The Kier molecular flexibility index (Phi) is 5.05. The summed E-state index contributed by atoms with van der Waals surface area (Å²) in [5.41, 5.74) is 0.740. The van der Waals surface area contributed by atoms with Gasteiger partial charge in [-0.15, -0.1) is 0 Å². The van der Waals surface area contributed by atoms with Crippen molar-refractivity contribution in [2.24, 2.45) is 0 Å². The van der Waals surface area contributed by atoms with Crippen LogP contribution in [-0.2, 0) is 6.42 Å². The van der Waals surface area contributed by atoms with Gasteiger partial charge in [0.25, 0.3) is 0 Å². The molecule has 152 valence electrons. The highest BCUT2D eigenvalue weighted by molar-refractivity contribution is 6.14. The molecule has 4 N–H and O–H groups in total. The number of rotatable bonds is 4. The Morgan fingerprint density at radius 2 is 1.72 bits per heavy atom. The van der Waals surface area contributed by atoms with Crippen LogP contribution < -0.4 is 4.74 Å². The number of aromatic hydroxyl groups is 4. The van der Waals surface area contributed by atoms with Crippen molar-refractivity contribution in [2.75, 3.05) is 0 Å². The molecule has 0 saturated heterocycles. The van der Waals surface area contributed by atoms with E-state index >= 15 is 0 Å². The molecule has 1 aliphatic rings. The van der Waals surface area contributed by atoms with Gasteiger partial charge in [-0.25, -0.2) is 0 Å². The molecule has 1 heterocycles. The van der Waals surface area contributed by atoms with Crippen LogP contribution >= 0.6 is 0 Å². The fraction of sp³-hybridized carbons (Fsp3) is 0.261. The molecule has 3 rings (SSSR count). The van der Waals surface area contributed by atoms with Crippen LogP contribution in [0.2, 0.25) is 0 Å². The number of phenols is 4. The summed E-state index contributed by atoms with van der Waals surface area (Å²) in [4.78, 5) is 13.4. The van der Waals surface area contributed by atoms with E-state index in [1.807, 2.05) is 19.9 Å². The second-order valence-electron chi connectivity index (χ2n) is 7.88. The van der Waals surface area contributed by atoms with Crippen molar-refractivity contribution in [3.63, 3.8) is 0 Å². The van der Waals surface area contributed by atoms with Gasteiger partial charge in [-0.2, -0.15) is 0 Å². The summed E-state index contributed by atoms with van der Waals surface area (Å²) in [7, 11) is 0. The molecule has 0 aliphatic carbocycles. The predicted molar refractivity (Wildman–Crippen MR) is 110 cm³/mol. The van der Waals surface area contributed by atoms with Crippen molar-refractivity contribution in [3.05, 3.63) is 58.2 Å². The van der Waals surface area contributed by atoms with Crippen LogP contribution in [0.4, 0.5) is 0 Å². The number of hydrogen-bond acceptors (Lipinski definition) is 6. The summed E-state index contributed by atoms with van der Waals surface area (Å²) in [6.07, 6.45) is 5.48. The van der Waals surface area contributed by atoms with E-state index in [1.54, 1.807) is 26.0 Å². The number of ketones is 1. The Balaban J connectivity index is 2.23. The topological polar surface area (TPSA) is 107 Å². The van der Waals surface area contributed by atoms with Gasteiger partial charge in [-0.1, -0.05) is 11.6 Å². The summed E-state index contributed by atoms with van der Waals surface area (Å²) in [5.74, 6) is -1.75. The van der Waals surface area contributed by atoms with Gasteiger partial charge in [0, 0.05) is 23.3 Å². The standard InChI is InChI=1S/C23H24O6/c1-12(2)5-6-14-16(9-13(24)10-17(14)25)21(28)20-19(27)11-18(26)15-7-8-23(3,4)29-22(15)20/h5,7-11,24-27H,6H2,1-4H3. The van der Waals surface area contributed by atoms with Crippen molar-refractivity contribution in [3.8, 4) is 28.7 Å². The molecule has 6 heteroatoms. The van der Waals surface area contributed by atoms with Gasteiger partial charge >= 0.3 is 0 Å². The first-order valence-electron chi connectivity index (χ1n) is 9.20. The number of ether oxygens (including phenoxy) is 1. The minimum absolute atomic E-state index is 0.0409. The molecule has 0 bridgehead atoms. The molecule has 0 unspecified atom stereocenters. The molecule has 29 heavy (non-hydrogen) atoms. The van der Waals surface area contributed by atoms with E-state index in [4.69, 9.17) is 4.74 Å². The Morgan fingerprint density at radius 3 is 2.38 bits per heavy atom. The third-order valence-corrected chi connectivity index (χ3v) is 4.69. The fourth-order valence-electron chi connectivity index (χ4n) is 3.21. The number of carbonyl (C=O) groups is 1. The van der Waals surface area contributed by atoms with E-state index in [-0.39, 0.29) is 46.1 Å². The zero-order chi connectivity index (χ0) is 21.5. The lowest BCUT2D eigenvalue weighted by Gasteiger charge is -2.30. The third-order valence-electron chi connectivity index (χ3n) is 4.69. The quantitative estimate of drug-likeness (QED) is 0.450. The van der Waals surface area contributed by atoms with Crippen LogP contribution in [0.5, 0.6) is 28.7 Å². The van der Waals surface area contributed by atoms with Gasteiger partial charge in [0.1, 0.15) is 39.9 Å². The van der Waals surface area contributed by atoms with E-state index in [0.717, 1.165) is 11.6 Å². The molecule has 0 spiro atoms. The second kappa shape index (κ2) is 7.20. The van der Waals surface area contributed by atoms with Gasteiger partial charge in [-0.3, -0.25) is 4.79 Å². The van der Waals surface area contributed by atoms with Gasteiger partial charge in [0.05, 0.1) is 5.56 Å². The maximum absolute atomic E-state index is 13.4. The number of fused-ring (bicyclic) bond motifs is 1.